The highest BCUT2D eigenvalue weighted by Crippen LogP contribution is 2.25. The zero-order valence-electron chi connectivity index (χ0n) is 14.8. The Bertz CT molecular complexity index is 812. The lowest BCUT2D eigenvalue weighted by Crippen LogP contribution is -2.48. The van der Waals surface area contributed by atoms with Gasteiger partial charge in [-0.2, -0.15) is 0 Å². The van der Waals surface area contributed by atoms with Gasteiger partial charge in [0.1, 0.15) is 17.8 Å². The quantitative estimate of drug-likeness (QED) is 0.608. The summed E-state index contributed by atoms with van der Waals surface area (Å²) in [7, 11) is 1.26. The van der Waals surface area contributed by atoms with Gasteiger partial charge in [-0.1, -0.05) is 35.3 Å². The molecule has 2 aromatic carbocycles. The molecule has 3 N–H and O–H groups in total. The average Bonchev–Trinajstić information content (AvgIpc) is 2.65. The van der Waals surface area contributed by atoms with Gasteiger partial charge in [0.25, 0.3) is 0 Å². The lowest BCUT2D eigenvalue weighted by atomic mass is 10.1. The molecular formula is C19H20Cl2N2O4. The minimum atomic E-state index is -0.856. The Labute approximate surface area is 167 Å². The highest BCUT2D eigenvalue weighted by atomic mass is 35.5. The number of phenolic OH excluding ortho intramolecular Hbond substituents is 1. The van der Waals surface area contributed by atoms with E-state index in [1.165, 1.54) is 19.2 Å². The van der Waals surface area contributed by atoms with Crippen LogP contribution in [0.15, 0.2) is 42.5 Å². The monoisotopic (exact) mass is 410 g/mol. The van der Waals surface area contributed by atoms with E-state index < -0.39 is 18.1 Å². The van der Waals surface area contributed by atoms with Crippen molar-refractivity contribution < 1.29 is 19.4 Å². The second kappa shape index (κ2) is 9.48. The molecule has 0 aromatic heterocycles. The molecule has 2 rings (SSSR count). The third-order valence-corrected chi connectivity index (χ3v) is 4.61. The summed E-state index contributed by atoms with van der Waals surface area (Å²) >= 11 is 11.9. The minimum Gasteiger partial charge on any atom is -0.508 e. The standard InChI is InChI=1S/C19H20Cl2N2O4/c1-11(22-13-5-8-15(20)16(21)10-13)18(25)23-17(19(26)27-2)9-12-3-6-14(24)7-4-12/h3-8,10-11,17,22,24H,9H2,1-2H3,(H,23,25). The third-order valence-electron chi connectivity index (χ3n) is 3.87. The van der Waals surface area contributed by atoms with Crippen LogP contribution in [0.3, 0.4) is 0 Å². The number of hydrogen-bond donors (Lipinski definition) is 3. The summed E-state index contributed by atoms with van der Waals surface area (Å²) in [5.41, 5.74) is 1.40. The van der Waals surface area contributed by atoms with Gasteiger partial charge in [0.15, 0.2) is 0 Å². The highest BCUT2D eigenvalue weighted by Gasteiger charge is 2.24. The van der Waals surface area contributed by atoms with Gasteiger partial charge < -0.3 is 20.5 Å². The zero-order valence-corrected chi connectivity index (χ0v) is 16.3. The van der Waals surface area contributed by atoms with Crippen LogP contribution in [0, 0.1) is 0 Å². The van der Waals surface area contributed by atoms with Gasteiger partial charge >= 0.3 is 5.97 Å². The molecule has 2 aromatic rings. The largest absolute Gasteiger partial charge is 0.508 e. The van der Waals surface area contributed by atoms with Crippen molar-refractivity contribution >= 4 is 40.8 Å². The summed E-state index contributed by atoms with van der Waals surface area (Å²) < 4.78 is 4.78. The Morgan fingerprint density at radius 1 is 1.11 bits per heavy atom. The Hall–Kier alpha value is -2.44. The topological polar surface area (TPSA) is 87.7 Å². The van der Waals surface area contributed by atoms with E-state index in [1.54, 1.807) is 37.3 Å². The van der Waals surface area contributed by atoms with Crippen LogP contribution in [0.2, 0.25) is 10.0 Å². The molecule has 8 heteroatoms. The van der Waals surface area contributed by atoms with E-state index in [0.717, 1.165) is 5.56 Å². The summed E-state index contributed by atoms with van der Waals surface area (Å²) in [6.45, 7) is 1.66. The Morgan fingerprint density at radius 2 is 1.78 bits per heavy atom. The van der Waals surface area contributed by atoms with Gasteiger partial charge in [-0.25, -0.2) is 4.79 Å². The molecule has 0 aliphatic heterocycles. The molecule has 0 radical (unpaired) electrons. The van der Waals surface area contributed by atoms with Crippen LogP contribution in [0.4, 0.5) is 5.69 Å². The van der Waals surface area contributed by atoms with Crippen LogP contribution < -0.4 is 10.6 Å². The third kappa shape index (κ3) is 6.05. The van der Waals surface area contributed by atoms with Crippen molar-refractivity contribution in [3.05, 3.63) is 58.1 Å². The van der Waals surface area contributed by atoms with Gasteiger partial charge in [-0.3, -0.25) is 4.79 Å². The predicted octanol–water partition coefficient (Wildman–Crippen LogP) is 3.40. The van der Waals surface area contributed by atoms with Crippen molar-refractivity contribution in [1.82, 2.24) is 5.32 Å². The lowest BCUT2D eigenvalue weighted by molar-refractivity contribution is -0.145. The summed E-state index contributed by atoms with van der Waals surface area (Å²) in [6.07, 6.45) is 0.234. The first-order valence-corrected chi connectivity index (χ1v) is 8.93. The zero-order chi connectivity index (χ0) is 20.0. The number of phenols is 1. The van der Waals surface area contributed by atoms with Crippen LogP contribution in [-0.2, 0) is 20.7 Å². The van der Waals surface area contributed by atoms with Crippen LogP contribution in [0.25, 0.3) is 0 Å². The predicted molar refractivity (Wildman–Crippen MR) is 105 cm³/mol. The number of halogens is 2. The second-order valence-corrected chi connectivity index (χ2v) is 6.76. The molecule has 0 heterocycles. The number of benzene rings is 2. The second-order valence-electron chi connectivity index (χ2n) is 5.95. The number of carbonyl (C=O) groups is 2. The molecule has 144 valence electrons. The van der Waals surface area contributed by atoms with E-state index in [4.69, 9.17) is 27.9 Å². The number of hydrogen-bond acceptors (Lipinski definition) is 5. The first kappa shape index (κ1) is 20.9. The number of nitrogens with one attached hydrogen (secondary N) is 2. The first-order chi connectivity index (χ1) is 12.8. The van der Waals surface area contributed by atoms with E-state index in [2.05, 4.69) is 10.6 Å². The number of methoxy groups -OCH3 is 1. The summed E-state index contributed by atoms with van der Waals surface area (Å²) in [4.78, 5) is 24.5. The summed E-state index contributed by atoms with van der Waals surface area (Å²) in [5, 5.41) is 15.8. The minimum absolute atomic E-state index is 0.122. The van der Waals surface area contributed by atoms with E-state index in [-0.39, 0.29) is 18.1 Å². The molecule has 0 aliphatic carbocycles. The fourth-order valence-corrected chi connectivity index (χ4v) is 2.70. The van der Waals surface area contributed by atoms with Crippen LogP contribution >= 0.6 is 23.2 Å². The van der Waals surface area contributed by atoms with Gasteiger partial charge in [0, 0.05) is 12.1 Å². The number of carbonyl (C=O) groups excluding carboxylic acids is 2. The smallest absolute Gasteiger partial charge is 0.328 e. The van der Waals surface area contributed by atoms with Gasteiger partial charge in [-0.05, 0) is 42.8 Å². The van der Waals surface area contributed by atoms with E-state index in [9.17, 15) is 14.7 Å². The lowest BCUT2D eigenvalue weighted by Gasteiger charge is -2.21. The molecule has 27 heavy (non-hydrogen) atoms. The maximum absolute atomic E-state index is 12.5. The molecule has 6 nitrogen and oxygen atoms in total. The van der Waals surface area contributed by atoms with Crippen molar-refractivity contribution in [3.63, 3.8) is 0 Å². The number of ether oxygens (including phenoxy) is 1. The van der Waals surface area contributed by atoms with Crippen LogP contribution in [0.5, 0.6) is 5.75 Å². The van der Waals surface area contributed by atoms with Gasteiger partial charge in [0.2, 0.25) is 5.91 Å². The molecule has 2 atom stereocenters. The molecule has 0 aliphatic rings. The fourth-order valence-electron chi connectivity index (χ4n) is 2.40. The summed E-state index contributed by atoms with van der Waals surface area (Å²) in [6, 6.07) is 9.83. The summed E-state index contributed by atoms with van der Waals surface area (Å²) in [5.74, 6) is -0.815. The molecule has 0 bridgehead atoms. The Balaban J connectivity index is 2.04. The van der Waals surface area contributed by atoms with Crippen molar-refractivity contribution in [2.75, 3.05) is 12.4 Å². The number of aromatic hydroxyl groups is 1. The van der Waals surface area contributed by atoms with Crippen molar-refractivity contribution in [1.29, 1.82) is 0 Å². The van der Waals surface area contributed by atoms with Crippen LogP contribution in [0.1, 0.15) is 12.5 Å². The Kier molecular flexibility index (Phi) is 7.33. The molecule has 0 saturated carbocycles. The number of esters is 1. The van der Waals surface area contributed by atoms with E-state index >= 15 is 0 Å². The van der Waals surface area contributed by atoms with E-state index in [1.807, 2.05) is 0 Å². The molecule has 0 spiro atoms. The molecule has 1 amide bonds. The van der Waals surface area contributed by atoms with Gasteiger partial charge in [0.05, 0.1) is 17.2 Å². The normalized spacial score (nSPS) is 12.7. The van der Waals surface area contributed by atoms with Crippen LogP contribution in [-0.4, -0.2) is 36.2 Å². The molecule has 0 fully saturated rings. The first-order valence-electron chi connectivity index (χ1n) is 8.18. The fraction of sp³-hybridized carbons (Fsp3) is 0.263. The molecule has 0 saturated heterocycles. The average molecular weight is 411 g/mol. The molecule has 2 unspecified atom stereocenters. The maximum Gasteiger partial charge on any atom is 0.328 e. The van der Waals surface area contributed by atoms with Gasteiger partial charge in [-0.15, -0.1) is 0 Å². The van der Waals surface area contributed by atoms with Crippen molar-refractivity contribution in [2.24, 2.45) is 0 Å². The highest BCUT2D eigenvalue weighted by molar-refractivity contribution is 6.42. The van der Waals surface area contributed by atoms with Crippen molar-refractivity contribution in [2.45, 2.75) is 25.4 Å². The number of rotatable bonds is 7. The maximum atomic E-state index is 12.5. The Morgan fingerprint density at radius 3 is 2.37 bits per heavy atom. The van der Waals surface area contributed by atoms with E-state index in [0.29, 0.717) is 15.7 Å². The number of anilines is 1. The molecular weight excluding hydrogens is 391 g/mol. The SMILES string of the molecule is COC(=O)C(Cc1ccc(O)cc1)NC(=O)C(C)Nc1ccc(Cl)c(Cl)c1. The van der Waals surface area contributed by atoms with Crippen molar-refractivity contribution in [3.8, 4) is 5.75 Å². The number of amides is 1.